The van der Waals surface area contributed by atoms with Crippen LogP contribution in [0, 0.1) is 51.4 Å². The molecule has 0 aliphatic heterocycles. The second kappa shape index (κ2) is 21.6. The first-order chi connectivity index (χ1) is 22.5. The van der Waals surface area contributed by atoms with Crippen LogP contribution in [0.3, 0.4) is 0 Å². The first-order valence-corrected chi connectivity index (χ1v) is 20.1. The molecule has 6 N–H and O–H groups in total. The van der Waals surface area contributed by atoms with Gasteiger partial charge in [-0.15, -0.1) is 23.2 Å². The third-order valence-corrected chi connectivity index (χ3v) is 12.0. The number of amides is 1. The van der Waals surface area contributed by atoms with Gasteiger partial charge in [-0.3, -0.25) is 0 Å². The first-order valence-electron chi connectivity index (χ1n) is 16.1. The summed E-state index contributed by atoms with van der Waals surface area (Å²) in [6.45, 7) is 23.6. The number of halogens is 2. The molecule has 0 saturated heterocycles. The third kappa shape index (κ3) is 18.8. The molecule has 0 heterocycles. The van der Waals surface area contributed by atoms with E-state index in [1.807, 2.05) is 51.1 Å². The quantitative estimate of drug-likeness (QED) is 0.122. The van der Waals surface area contributed by atoms with Crippen molar-refractivity contribution in [2.24, 2.45) is 5.73 Å². The SMILES string of the molecule is Cc1cc(C)cc(C#CC(O)C(N)CO)c1.Cc1ccc(C#CC(O[Si](C)(C)C(C)(C)C)C(CO)NC(=O)OC(C)(C)C)cc1C.ClCCl. The molecule has 2 aromatic carbocycles. The number of carbonyl (C=O) groups is 1. The lowest BCUT2D eigenvalue weighted by molar-refractivity contribution is 0.0421. The van der Waals surface area contributed by atoms with E-state index in [0.29, 0.717) is 0 Å². The number of rotatable bonds is 7. The minimum Gasteiger partial charge on any atom is -0.444 e. The van der Waals surface area contributed by atoms with Gasteiger partial charge in [-0.1, -0.05) is 56.6 Å². The fraction of sp³-hybridized carbons (Fsp3) is 0.553. The van der Waals surface area contributed by atoms with E-state index in [2.05, 4.69) is 75.9 Å². The zero-order chi connectivity index (χ0) is 38.2. The van der Waals surface area contributed by atoms with Crippen molar-refractivity contribution in [3.05, 3.63) is 69.8 Å². The lowest BCUT2D eigenvalue weighted by Gasteiger charge is -2.39. The molecular weight excluding hydrogens is 679 g/mol. The highest BCUT2D eigenvalue weighted by Crippen LogP contribution is 2.37. The number of hydrogen-bond acceptors (Lipinski definition) is 7. The molecule has 2 rings (SSSR count). The van der Waals surface area contributed by atoms with Gasteiger partial charge in [0.1, 0.15) is 17.8 Å². The van der Waals surface area contributed by atoms with Crippen LogP contribution in [0.2, 0.25) is 18.1 Å². The molecule has 0 radical (unpaired) electrons. The van der Waals surface area contributed by atoms with E-state index in [4.69, 9.17) is 43.2 Å². The molecule has 49 heavy (non-hydrogen) atoms. The molecule has 4 unspecified atom stereocenters. The van der Waals surface area contributed by atoms with Crippen LogP contribution in [0.15, 0.2) is 36.4 Å². The monoisotopic (exact) mass is 736 g/mol. The maximum atomic E-state index is 12.3. The highest BCUT2D eigenvalue weighted by molar-refractivity contribution is 6.74. The number of aryl methyl sites for hydroxylation is 4. The maximum Gasteiger partial charge on any atom is 0.408 e. The molecule has 8 nitrogen and oxygen atoms in total. The zero-order valence-electron chi connectivity index (χ0n) is 31.3. The highest BCUT2D eigenvalue weighted by Gasteiger charge is 2.41. The van der Waals surface area contributed by atoms with E-state index in [0.717, 1.165) is 27.8 Å². The van der Waals surface area contributed by atoms with E-state index >= 15 is 0 Å². The van der Waals surface area contributed by atoms with Gasteiger partial charge in [-0.25, -0.2) is 4.79 Å². The van der Waals surface area contributed by atoms with Crippen LogP contribution in [0.4, 0.5) is 4.79 Å². The topological polar surface area (TPSA) is 134 Å². The Kier molecular flexibility index (Phi) is 20.5. The predicted molar refractivity (Wildman–Crippen MR) is 206 cm³/mol. The summed E-state index contributed by atoms with van der Waals surface area (Å²) in [6, 6.07) is 10.6. The normalized spacial score (nSPS) is 13.7. The Hall–Kier alpha value is -2.57. The van der Waals surface area contributed by atoms with Crippen molar-refractivity contribution in [2.75, 3.05) is 18.6 Å². The number of alkyl carbamates (subject to hydrolysis) is 1. The van der Waals surface area contributed by atoms with Gasteiger partial charge >= 0.3 is 6.09 Å². The van der Waals surface area contributed by atoms with Crippen molar-refractivity contribution in [1.82, 2.24) is 5.32 Å². The van der Waals surface area contributed by atoms with Crippen molar-refractivity contribution in [2.45, 2.75) is 117 Å². The van der Waals surface area contributed by atoms with Gasteiger partial charge < -0.3 is 35.5 Å². The smallest absolute Gasteiger partial charge is 0.408 e. The van der Waals surface area contributed by atoms with Crippen LogP contribution in [0.25, 0.3) is 0 Å². The molecule has 0 spiro atoms. The molecule has 0 aliphatic rings. The Morgan fingerprint density at radius 3 is 1.86 bits per heavy atom. The second-order valence-corrected chi connectivity index (χ2v) is 19.9. The van der Waals surface area contributed by atoms with Crippen molar-refractivity contribution in [1.29, 1.82) is 0 Å². The summed E-state index contributed by atoms with van der Waals surface area (Å²) in [5.41, 5.74) is 11.1. The Labute approximate surface area is 306 Å². The number of nitrogens with one attached hydrogen (secondary N) is 1. The van der Waals surface area contributed by atoms with Crippen molar-refractivity contribution in [3.8, 4) is 23.7 Å². The second-order valence-electron chi connectivity index (χ2n) is 14.3. The summed E-state index contributed by atoms with van der Waals surface area (Å²) < 4.78 is 11.9. The molecule has 274 valence electrons. The van der Waals surface area contributed by atoms with Crippen molar-refractivity contribution >= 4 is 37.6 Å². The van der Waals surface area contributed by atoms with Crippen LogP contribution >= 0.6 is 23.2 Å². The summed E-state index contributed by atoms with van der Waals surface area (Å²) in [6.07, 6.45) is -2.26. The third-order valence-electron chi connectivity index (χ3n) is 7.56. The molecule has 0 saturated carbocycles. The predicted octanol–water partition coefficient (Wildman–Crippen LogP) is 6.69. The Morgan fingerprint density at radius 2 is 1.41 bits per heavy atom. The Balaban J connectivity index is 0.00000101. The lowest BCUT2D eigenvalue weighted by atomic mass is 10.1. The summed E-state index contributed by atoms with van der Waals surface area (Å²) in [4.78, 5) is 12.3. The van der Waals surface area contributed by atoms with E-state index < -0.39 is 44.3 Å². The number of nitrogens with two attached hydrogens (primary N) is 1. The van der Waals surface area contributed by atoms with Crippen LogP contribution in [-0.2, 0) is 9.16 Å². The molecule has 11 heteroatoms. The van der Waals surface area contributed by atoms with Crippen LogP contribution in [0.5, 0.6) is 0 Å². The van der Waals surface area contributed by atoms with Gasteiger partial charge in [0.05, 0.1) is 30.6 Å². The summed E-state index contributed by atoms with van der Waals surface area (Å²) in [5.74, 6) is 11.8. The largest absolute Gasteiger partial charge is 0.444 e. The van der Waals surface area contributed by atoms with Crippen molar-refractivity contribution in [3.63, 3.8) is 0 Å². The lowest BCUT2D eigenvalue weighted by Crippen LogP contribution is -2.53. The van der Waals surface area contributed by atoms with E-state index in [1.54, 1.807) is 20.8 Å². The number of carbonyl (C=O) groups excluding carboxylic acids is 1. The molecule has 0 aliphatic carbocycles. The number of benzene rings is 2. The molecule has 0 bridgehead atoms. The zero-order valence-corrected chi connectivity index (χ0v) is 33.8. The fourth-order valence-electron chi connectivity index (χ4n) is 3.77. The first kappa shape index (κ1) is 46.4. The number of aliphatic hydroxyl groups excluding tert-OH is 3. The summed E-state index contributed by atoms with van der Waals surface area (Å²) >= 11 is 9.53. The number of alkyl halides is 2. The molecule has 2 aromatic rings. The van der Waals surface area contributed by atoms with Gasteiger partial charge in [0.15, 0.2) is 8.32 Å². The molecule has 0 aromatic heterocycles. The van der Waals surface area contributed by atoms with Gasteiger partial charge in [0.2, 0.25) is 0 Å². The molecule has 4 atom stereocenters. The minimum atomic E-state index is -2.21. The standard InChI is InChI=1S/C24H39NO4Si.C13H17NO2.CH2Cl2/c1-17-11-12-19(15-18(17)2)13-14-21(29-30(9,10)24(6,7)8)20(16-26)25-22(27)28-23(3,4)5;1-9-5-10(2)7-11(6-9)3-4-13(16)12(14)8-15;2-1-3/h11-12,15,20-21,26H,16H2,1-10H3,(H,25,27);5-7,12-13,15-16H,8,14H2,1-2H3;1H2. The summed E-state index contributed by atoms with van der Waals surface area (Å²) in [7, 11) is -2.21. The molecular formula is C38H58Cl2N2O6Si. The van der Waals surface area contributed by atoms with Crippen LogP contribution < -0.4 is 11.1 Å². The van der Waals surface area contributed by atoms with Gasteiger partial charge in [-0.2, -0.15) is 0 Å². The van der Waals surface area contributed by atoms with Gasteiger partial charge in [0.25, 0.3) is 0 Å². The van der Waals surface area contributed by atoms with Crippen LogP contribution in [-0.4, -0.2) is 78.2 Å². The average Bonchev–Trinajstić information content (AvgIpc) is 2.97. The van der Waals surface area contributed by atoms with Gasteiger partial charge in [0, 0.05) is 11.1 Å². The van der Waals surface area contributed by atoms with Gasteiger partial charge in [-0.05, 0) is 113 Å². The Bertz CT molecular complexity index is 1430. The number of hydrogen-bond donors (Lipinski definition) is 5. The van der Waals surface area contributed by atoms with E-state index in [-0.39, 0.29) is 23.6 Å². The van der Waals surface area contributed by atoms with Crippen LogP contribution in [0.1, 0.15) is 74.9 Å². The molecule has 1 amide bonds. The fourth-order valence-corrected chi connectivity index (χ4v) is 4.98. The van der Waals surface area contributed by atoms with E-state index in [9.17, 15) is 15.0 Å². The number of ether oxygens (including phenoxy) is 1. The van der Waals surface area contributed by atoms with E-state index in [1.165, 1.54) is 5.56 Å². The minimum absolute atomic E-state index is 0.0424. The average molecular weight is 738 g/mol. The summed E-state index contributed by atoms with van der Waals surface area (Å²) in [5, 5.41) is 31.1. The molecule has 0 fully saturated rings. The van der Waals surface area contributed by atoms with Crippen molar-refractivity contribution < 1.29 is 29.3 Å². The highest BCUT2D eigenvalue weighted by atomic mass is 35.5. The Morgan fingerprint density at radius 1 is 0.878 bits per heavy atom. The maximum absolute atomic E-state index is 12.3. The number of aliphatic hydroxyl groups is 3.